The number of hydrogen-bond donors (Lipinski definition) is 1. The molecule has 1 fully saturated rings. The van der Waals surface area contributed by atoms with Gasteiger partial charge in [0.1, 0.15) is 11.9 Å². The van der Waals surface area contributed by atoms with Gasteiger partial charge in [-0.2, -0.15) is 0 Å². The Morgan fingerprint density at radius 3 is 3.00 bits per heavy atom. The van der Waals surface area contributed by atoms with Crippen LogP contribution < -0.4 is 5.32 Å². The second-order valence-corrected chi connectivity index (χ2v) is 4.96. The largest absolute Gasteiger partial charge is 0.464 e. The van der Waals surface area contributed by atoms with Crippen molar-refractivity contribution in [1.82, 2.24) is 9.55 Å². The van der Waals surface area contributed by atoms with E-state index in [0.29, 0.717) is 18.7 Å². The summed E-state index contributed by atoms with van der Waals surface area (Å²) >= 11 is 0. The van der Waals surface area contributed by atoms with Gasteiger partial charge >= 0.3 is 5.97 Å². The molecule has 0 saturated carbocycles. The van der Waals surface area contributed by atoms with Crippen LogP contribution in [-0.2, 0) is 27.2 Å². The van der Waals surface area contributed by atoms with E-state index in [1.54, 1.807) is 0 Å². The van der Waals surface area contributed by atoms with Gasteiger partial charge in [-0.3, -0.25) is 4.79 Å². The highest BCUT2D eigenvalue weighted by Gasteiger charge is 2.30. The van der Waals surface area contributed by atoms with Gasteiger partial charge < -0.3 is 19.4 Å². The monoisotopic (exact) mass is 279 g/mol. The van der Waals surface area contributed by atoms with Crippen LogP contribution in [0.3, 0.4) is 0 Å². The van der Waals surface area contributed by atoms with Gasteiger partial charge in [-0.1, -0.05) is 0 Å². The smallest absolute Gasteiger partial charge is 0.358 e. The number of aromatic nitrogens is 2. The molecule has 0 aromatic carbocycles. The van der Waals surface area contributed by atoms with E-state index in [9.17, 15) is 9.59 Å². The Morgan fingerprint density at radius 1 is 1.45 bits per heavy atom. The van der Waals surface area contributed by atoms with Gasteiger partial charge in [0.15, 0.2) is 11.5 Å². The van der Waals surface area contributed by atoms with Gasteiger partial charge in [0.2, 0.25) is 0 Å². The first-order valence-corrected chi connectivity index (χ1v) is 6.81. The lowest BCUT2D eigenvalue weighted by molar-refractivity contribution is -0.124. The lowest BCUT2D eigenvalue weighted by atomic mass is 10.2. The van der Waals surface area contributed by atoms with Crippen LogP contribution in [0.5, 0.6) is 0 Å². The van der Waals surface area contributed by atoms with Gasteiger partial charge in [-0.25, -0.2) is 9.78 Å². The first-order valence-electron chi connectivity index (χ1n) is 6.81. The van der Waals surface area contributed by atoms with Crippen molar-refractivity contribution in [3.63, 3.8) is 0 Å². The van der Waals surface area contributed by atoms with E-state index < -0.39 is 12.1 Å². The molecule has 1 saturated heterocycles. The molecule has 1 aromatic rings. The number of ether oxygens (including phenoxy) is 2. The fourth-order valence-corrected chi connectivity index (χ4v) is 2.70. The Morgan fingerprint density at radius 2 is 2.30 bits per heavy atom. The van der Waals surface area contributed by atoms with Crippen LogP contribution in [0.2, 0.25) is 0 Å². The Hall–Kier alpha value is -1.89. The van der Waals surface area contributed by atoms with Crippen molar-refractivity contribution >= 4 is 17.7 Å². The summed E-state index contributed by atoms with van der Waals surface area (Å²) in [5.41, 5.74) is 0.325. The topological polar surface area (TPSA) is 82.4 Å². The standard InChI is InChI=1S/C13H17N3O4/c1-19-13(18)10-11(14-9-5-2-6-16(9)10)15-12(17)8-4-3-7-20-8/h8H,2-7H2,1H3,(H,15,17)/t8-/m1/s1. The minimum absolute atomic E-state index is 0.246. The minimum atomic E-state index is -0.478. The Bertz CT molecular complexity index is 546. The molecule has 7 heteroatoms. The number of nitrogens with zero attached hydrogens (tertiary/aromatic N) is 2. The normalized spacial score (nSPS) is 20.8. The highest BCUT2D eigenvalue weighted by Crippen LogP contribution is 2.25. The SMILES string of the molecule is COC(=O)c1c(NC(=O)[C@H]2CCCO2)nc2n1CCC2. The number of amides is 1. The number of hydrogen-bond acceptors (Lipinski definition) is 5. The maximum Gasteiger partial charge on any atom is 0.358 e. The van der Waals surface area contributed by atoms with E-state index in [2.05, 4.69) is 10.3 Å². The number of fused-ring (bicyclic) bond motifs is 1. The molecule has 1 aromatic heterocycles. The lowest BCUT2D eigenvalue weighted by Crippen LogP contribution is -2.28. The van der Waals surface area contributed by atoms with E-state index in [-0.39, 0.29) is 11.7 Å². The van der Waals surface area contributed by atoms with Crippen molar-refractivity contribution in [2.24, 2.45) is 0 Å². The van der Waals surface area contributed by atoms with Crippen molar-refractivity contribution in [2.45, 2.75) is 38.3 Å². The summed E-state index contributed by atoms with van der Waals surface area (Å²) in [6, 6.07) is 0. The third-order valence-corrected chi connectivity index (χ3v) is 3.67. The van der Waals surface area contributed by atoms with Crippen LogP contribution in [0, 0.1) is 0 Å². The quantitative estimate of drug-likeness (QED) is 0.825. The summed E-state index contributed by atoms with van der Waals surface area (Å²) in [4.78, 5) is 28.3. The average molecular weight is 279 g/mol. The maximum atomic E-state index is 12.1. The van der Waals surface area contributed by atoms with E-state index in [1.165, 1.54) is 7.11 Å². The molecule has 20 heavy (non-hydrogen) atoms. The first-order chi connectivity index (χ1) is 9.70. The third kappa shape index (κ3) is 2.18. The fraction of sp³-hybridized carbons (Fsp3) is 0.615. The van der Waals surface area contributed by atoms with Gasteiger partial charge in [0.05, 0.1) is 7.11 Å². The molecule has 0 bridgehead atoms. The predicted molar refractivity (Wildman–Crippen MR) is 69.5 cm³/mol. The molecule has 1 N–H and O–H groups in total. The molecular weight excluding hydrogens is 262 g/mol. The Balaban J connectivity index is 1.85. The minimum Gasteiger partial charge on any atom is -0.464 e. The van der Waals surface area contributed by atoms with E-state index in [1.807, 2.05) is 4.57 Å². The Kier molecular flexibility index (Phi) is 3.43. The second-order valence-electron chi connectivity index (χ2n) is 4.96. The number of anilines is 1. The summed E-state index contributed by atoms with van der Waals surface area (Å²) < 4.78 is 11.9. The molecule has 1 amide bonds. The number of aryl methyl sites for hydroxylation is 1. The molecule has 1 atom stereocenters. The molecular formula is C13H17N3O4. The predicted octanol–water partition coefficient (Wildman–Crippen LogP) is 0.733. The molecule has 3 heterocycles. The summed E-state index contributed by atoms with van der Waals surface area (Å²) in [6.45, 7) is 1.32. The summed E-state index contributed by atoms with van der Waals surface area (Å²) in [5, 5.41) is 2.70. The van der Waals surface area contributed by atoms with E-state index >= 15 is 0 Å². The lowest BCUT2D eigenvalue weighted by Gasteiger charge is -2.10. The molecule has 0 spiro atoms. The number of methoxy groups -OCH3 is 1. The Labute approximate surface area is 116 Å². The van der Waals surface area contributed by atoms with E-state index in [0.717, 1.165) is 31.6 Å². The van der Waals surface area contributed by atoms with Crippen LogP contribution in [0.1, 0.15) is 35.6 Å². The zero-order valence-corrected chi connectivity index (χ0v) is 11.3. The number of nitrogens with one attached hydrogen (secondary N) is 1. The van der Waals surface area contributed by atoms with E-state index in [4.69, 9.17) is 9.47 Å². The zero-order chi connectivity index (χ0) is 14.1. The van der Waals surface area contributed by atoms with Crippen LogP contribution >= 0.6 is 0 Å². The molecule has 108 valence electrons. The number of carbonyl (C=O) groups excluding carboxylic acids is 2. The van der Waals surface area contributed by atoms with Gasteiger partial charge in [0, 0.05) is 19.6 Å². The number of carbonyl (C=O) groups is 2. The first kappa shape index (κ1) is 13.1. The van der Waals surface area contributed by atoms with Crippen molar-refractivity contribution in [3.8, 4) is 0 Å². The third-order valence-electron chi connectivity index (χ3n) is 3.67. The molecule has 2 aliphatic rings. The summed E-state index contributed by atoms with van der Waals surface area (Å²) in [7, 11) is 1.32. The molecule has 7 nitrogen and oxygen atoms in total. The molecule has 3 rings (SSSR count). The fourth-order valence-electron chi connectivity index (χ4n) is 2.70. The van der Waals surface area contributed by atoms with Crippen LogP contribution in [0.25, 0.3) is 0 Å². The number of rotatable bonds is 3. The van der Waals surface area contributed by atoms with Gasteiger partial charge in [-0.15, -0.1) is 0 Å². The van der Waals surface area contributed by atoms with Gasteiger partial charge in [-0.05, 0) is 19.3 Å². The van der Waals surface area contributed by atoms with Crippen molar-refractivity contribution in [1.29, 1.82) is 0 Å². The molecule has 2 aliphatic heterocycles. The second kappa shape index (κ2) is 5.24. The van der Waals surface area contributed by atoms with Crippen molar-refractivity contribution < 1.29 is 19.1 Å². The summed E-state index contributed by atoms with van der Waals surface area (Å²) in [6.07, 6.45) is 2.89. The van der Waals surface area contributed by atoms with Gasteiger partial charge in [0.25, 0.3) is 5.91 Å². The molecule has 0 radical (unpaired) electrons. The molecule has 0 aliphatic carbocycles. The van der Waals surface area contributed by atoms with Crippen LogP contribution in [0.4, 0.5) is 5.82 Å². The van der Waals surface area contributed by atoms with Crippen LogP contribution in [0.15, 0.2) is 0 Å². The maximum absolute atomic E-state index is 12.1. The average Bonchev–Trinajstić information content (AvgIpc) is 3.13. The molecule has 0 unspecified atom stereocenters. The summed E-state index contributed by atoms with van der Waals surface area (Å²) in [5.74, 6) is 0.373. The van der Waals surface area contributed by atoms with Crippen molar-refractivity contribution in [2.75, 3.05) is 19.0 Å². The van der Waals surface area contributed by atoms with Crippen LogP contribution in [-0.4, -0.2) is 41.2 Å². The zero-order valence-electron chi connectivity index (χ0n) is 11.3. The highest BCUT2D eigenvalue weighted by atomic mass is 16.5. The number of esters is 1. The van der Waals surface area contributed by atoms with Crippen molar-refractivity contribution in [3.05, 3.63) is 11.5 Å². The highest BCUT2D eigenvalue weighted by molar-refractivity contribution is 6.00. The number of imidazole rings is 1.